The van der Waals surface area contributed by atoms with Crippen LogP contribution in [0.1, 0.15) is 17.2 Å². The van der Waals surface area contributed by atoms with Crippen molar-refractivity contribution in [3.63, 3.8) is 0 Å². The van der Waals surface area contributed by atoms with E-state index in [0.717, 1.165) is 16.6 Å². The van der Waals surface area contributed by atoms with Crippen molar-refractivity contribution in [2.24, 2.45) is 4.99 Å². The van der Waals surface area contributed by atoms with Crippen molar-refractivity contribution in [3.8, 4) is 6.07 Å². The van der Waals surface area contributed by atoms with Gasteiger partial charge in [-0.25, -0.2) is 0 Å². The van der Waals surface area contributed by atoms with E-state index in [-0.39, 0.29) is 6.04 Å². The quantitative estimate of drug-likeness (QED) is 0.890. The minimum atomic E-state index is 0.188. The molecule has 0 bridgehead atoms. The number of nitrogens with zero attached hydrogens (tertiary/aromatic N) is 2. The molecule has 21 heavy (non-hydrogen) atoms. The van der Waals surface area contributed by atoms with Crippen molar-refractivity contribution >= 4 is 34.2 Å². The maximum absolute atomic E-state index is 8.87. The molecule has 3 rings (SSSR count). The van der Waals surface area contributed by atoms with Crippen molar-refractivity contribution in [2.45, 2.75) is 6.04 Å². The Bertz CT molecular complexity index is 722. The van der Waals surface area contributed by atoms with Crippen molar-refractivity contribution in [2.75, 3.05) is 11.1 Å². The van der Waals surface area contributed by atoms with Crippen LogP contribution in [0.15, 0.2) is 53.5 Å². The lowest BCUT2D eigenvalue weighted by molar-refractivity contribution is 0.849. The summed E-state index contributed by atoms with van der Waals surface area (Å²) in [7, 11) is 0. The highest BCUT2D eigenvalue weighted by Crippen LogP contribution is 2.31. The Hall–Kier alpha value is -1.96. The molecule has 0 aliphatic carbocycles. The molecule has 1 aliphatic rings. The van der Waals surface area contributed by atoms with Gasteiger partial charge in [-0.3, -0.25) is 4.99 Å². The summed E-state index contributed by atoms with van der Waals surface area (Å²) in [5, 5.41) is 13.5. The van der Waals surface area contributed by atoms with Crippen LogP contribution < -0.4 is 5.32 Å². The summed E-state index contributed by atoms with van der Waals surface area (Å²) in [4.78, 5) is 4.69. The maximum Gasteiger partial charge on any atom is 0.161 e. The summed E-state index contributed by atoms with van der Waals surface area (Å²) in [6, 6.07) is 17.8. The average molecular weight is 314 g/mol. The predicted octanol–water partition coefficient (Wildman–Crippen LogP) is 4.47. The number of benzene rings is 2. The molecule has 0 spiro atoms. The third-order valence-corrected chi connectivity index (χ3v) is 4.45. The molecule has 1 N–H and O–H groups in total. The highest BCUT2D eigenvalue weighted by atomic mass is 35.5. The second-order valence-corrected chi connectivity index (χ2v) is 6.02. The van der Waals surface area contributed by atoms with Crippen LogP contribution >= 0.6 is 23.4 Å². The van der Waals surface area contributed by atoms with Gasteiger partial charge in [0.15, 0.2) is 5.17 Å². The van der Waals surface area contributed by atoms with Gasteiger partial charge in [-0.05, 0) is 23.8 Å². The Balaban J connectivity index is 1.74. The summed E-state index contributed by atoms with van der Waals surface area (Å²) in [6.45, 7) is 0. The highest BCUT2D eigenvalue weighted by molar-refractivity contribution is 8.14. The molecule has 0 aromatic heterocycles. The Kier molecular flexibility index (Phi) is 4.14. The van der Waals surface area contributed by atoms with E-state index < -0.39 is 0 Å². The smallest absolute Gasteiger partial charge is 0.161 e. The van der Waals surface area contributed by atoms with Gasteiger partial charge in [-0.15, -0.1) is 0 Å². The number of rotatable bonds is 2. The molecule has 2 aromatic carbocycles. The molecule has 3 nitrogen and oxygen atoms in total. The number of nitriles is 1. The minimum absolute atomic E-state index is 0.188. The average Bonchev–Trinajstić information content (AvgIpc) is 2.97. The van der Waals surface area contributed by atoms with Gasteiger partial charge in [0.1, 0.15) is 6.07 Å². The number of hydrogen-bond acceptors (Lipinski definition) is 4. The van der Waals surface area contributed by atoms with E-state index in [1.807, 2.05) is 30.3 Å². The zero-order valence-corrected chi connectivity index (χ0v) is 12.7. The molecular weight excluding hydrogens is 302 g/mol. The molecule has 2 aromatic rings. The van der Waals surface area contributed by atoms with Crippen molar-refractivity contribution in [3.05, 3.63) is 64.7 Å². The third-order valence-electron chi connectivity index (χ3n) is 3.18. The van der Waals surface area contributed by atoms with Gasteiger partial charge in [0, 0.05) is 11.4 Å². The van der Waals surface area contributed by atoms with Gasteiger partial charge >= 0.3 is 0 Å². The number of anilines is 1. The minimum Gasteiger partial charge on any atom is -0.335 e. The summed E-state index contributed by atoms with van der Waals surface area (Å²) in [5.41, 5.74) is 2.55. The van der Waals surface area contributed by atoms with Crippen LogP contribution in [-0.2, 0) is 0 Å². The standard InChI is InChI=1S/C16H12ClN3S/c17-14-8-13(7-6-12(14)9-18)19-16-20-15(10-21-16)11-4-2-1-3-5-11/h1-8,15H,10H2,(H,19,20). The summed E-state index contributed by atoms with van der Waals surface area (Å²) in [6.07, 6.45) is 0. The Morgan fingerprint density at radius 2 is 2.05 bits per heavy atom. The lowest BCUT2D eigenvalue weighted by Crippen LogP contribution is -2.04. The fraction of sp³-hybridized carbons (Fsp3) is 0.125. The first-order valence-corrected chi connectivity index (χ1v) is 7.85. The van der Waals surface area contributed by atoms with E-state index in [1.54, 1.807) is 23.9 Å². The van der Waals surface area contributed by atoms with Crippen LogP contribution in [0.25, 0.3) is 0 Å². The molecule has 1 aliphatic heterocycles. The monoisotopic (exact) mass is 313 g/mol. The number of halogens is 1. The fourth-order valence-corrected chi connectivity index (χ4v) is 3.29. The molecule has 104 valence electrons. The Morgan fingerprint density at radius 3 is 2.76 bits per heavy atom. The van der Waals surface area contributed by atoms with Crippen LogP contribution in [0.3, 0.4) is 0 Å². The number of nitrogens with one attached hydrogen (secondary N) is 1. The van der Waals surface area contributed by atoms with Crippen LogP contribution in [0.4, 0.5) is 5.69 Å². The first-order chi connectivity index (χ1) is 10.3. The number of thioether (sulfide) groups is 1. The van der Waals surface area contributed by atoms with Crippen LogP contribution in [0.5, 0.6) is 0 Å². The first-order valence-electron chi connectivity index (χ1n) is 6.48. The molecule has 0 saturated heterocycles. The van der Waals surface area contributed by atoms with Crippen molar-refractivity contribution in [1.29, 1.82) is 5.26 Å². The molecule has 0 amide bonds. The van der Waals surface area contributed by atoms with E-state index >= 15 is 0 Å². The summed E-state index contributed by atoms with van der Waals surface area (Å²) >= 11 is 7.72. The van der Waals surface area contributed by atoms with Gasteiger partial charge in [0.25, 0.3) is 0 Å². The summed E-state index contributed by atoms with van der Waals surface area (Å²) in [5.74, 6) is 0.927. The number of hydrogen-bond donors (Lipinski definition) is 1. The van der Waals surface area contributed by atoms with E-state index in [2.05, 4.69) is 22.4 Å². The van der Waals surface area contributed by atoms with E-state index in [0.29, 0.717) is 10.6 Å². The molecule has 0 radical (unpaired) electrons. The number of aliphatic imine (C=N–C) groups is 1. The summed E-state index contributed by atoms with van der Waals surface area (Å²) < 4.78 is 0. The lowest BCUT2D eigenvalue weighted by atomic mass is 10.1. The van der Waals surface area contributed by atoms with E-state index in [1.165, 1.54) is 5.56 Å². The second kappa shape index (κ2) is 6.21. The SMILES string of the molecule is N#Cc1ccc(NC2=NC(c3ccccc3)CS2)cc1Cl. The molecule has 1 heterocycles. The second-order valence-electron chi connectivity index (χ2n) is 4.60. The van der Waals surface area contributed by atoms with E-state index in [9.17, 15) is 0 Å². The Labute approximate surface area is 132 Å². The molecular formula is C16H12ClN3S. The highest BCUT2D eigenvalue weighted by Gasteiger charge is 2.19. The van der Waals surface area contributed by atoms with Crippen molar-refractivity contribution < 1.29 is 0 Å². The third kappa shape index (κ3) is 3.21. The maximum atomic E-state index is 8.87. The molecule has 1 unspecified atom stereocenters. The van der Waals surface area contributed by atoms with Crippen LogP contribution in [0, 0.1) is 11.3 Å². The van der Waals surface area contributed by atoms with Gasteiger partial charge < -0.3 is 5.32 Å². The van der Waals surface area contributed by atoms with Gasteiger partial charge in [0.05, 0.1) is 16.6 Å². The van der Waals surface area contributed by atoms with Crippen molar-refractivity contribution in [1.82, 2.24) is 0 Å². The zero-order chi connectivity index (χ0) is 14.7. The first kappa shape index (κ1) is 14.0. The topological polar surface area (TPSA) is 48.2 Å². The van der Waals surface area contributed by atoms with Crippen LogP contribution in [-0.4, -0.2) is 10.9 Å². The van der Waals surface area contributed by atoms with Gasteiger partial charge in [0.2, 0.25) is 0 Å². The van der Waals surface area contributed by atoms with E-state index in [4.69, 9.17) is 16.9 Å². The fourth-order valence-electron chi connectivity index (χ4n) is 2.10. The predicted molar refractivity (Wildman–Crippen MR) is 88.9 cm³/mol. The van der Waals surface area contributed by atoms with Gasteiger partial charge in [-0.2, -0.15) is 5.26 Å². The normalized spacial score (nSPS) is 17.1. The molecule has 1 atom stereocenters. The van der Waals surface area contributed by atoms with Gasteiger partial charge in [-0.1, -0.05) is 53.7 Å². The Morgan fingerprint density at radius 1 is 1.24 bits per heavy atom. The van der Waals surface area contributed by atoms with Crippen LogP contribution in [0.2, 0.25) is 5.02 Å². The number of amidine groups is 1. The lowest BCUT2D eigenvalue weighted by Gasteiger charge is -2.06. The molecule has 0 fully saturated rings. The molecule has 5 heteroatoms. The molecule has 0 saturated carbocycles. The zero-order valence-electron chi connectivity index (χ0n) is 11.1. The largest absolute Gasteiger partial charge is 0.335 e.